The molecule has 5 N–H and O–H groups in total. The average Bonchev–Trinajstić information content (AvgIpc) is 1.86. The number of hydrogen-bond acceptors (Lipinski definition) is 4. The van der Waals surface area contributed by atoms with E-state index in [0.29, 0.717) is 12.8 Å². The van der Waals surface area contributed by atoms with Crippen molar-refractivity contribution in [1.29, 1.82) is 0 Å². The van der Waals surface area contributed by atoms with E-state index in [1.807, 2.05) is 0 Å². The maximum atomic E-state index is 9.98. The number of carbonyl (C=O) groups is 1. The van der Waals surface area contributed by atoms with Crippen LogP contribution in [0.3, 0.4) is 0 Å². The predicted molar refractivity (Wildman–Crippen MR) is 39.7 cm³/mol. The third kappa shape index (κ3) is 5.84. The molecule has 0 aliphatic rings. The maximum absolute atomic E-state index is 9.98. The highest BCUT2D eigenvalue weighted by atomic mass is 16.4. The number of carboxylic acid groups (broad SMARTS) is 1. The van der Waals surface area contributed by atoms with Crippen LogP contribution in [0.2, 0.25) is 0 Å². The molecule has 0 heterocycles. The largest absolute Gasteiger partial charge is 0.481 e. The van der Waals surface area contributed by atoms with Crippen molar-refractivity contribution in [3.05, 3.63) is 0 Å². The summed E-state index contributed by atoms with van der Waals surface area (Å²) >= 11 is 0. The molecule has 0 saturated heterocycles. The first-order valence-corrected chi connectivity index (χ1v) is 3.37. The molecule has 0 spiro atoms. The van der Waals surface area contributed by atoms with Crippen molar-refractivity contribution in [3.8, 4) is 0 Å². The van der Waals surface area contributed by atoms with Crippen LogP contribution in [0.25, 0.3) is 0 Å². The van der Waals surface area contributed by atoms with E-state index >= 15 is 0 Å². The lowest BCUT2D eigenvalue weighted by atomic mass is 9.77. The summed E-state index contributed by atoms with van der Waals surface area (Å²) in [5.74, 6) is -1.64. The second-order valence-electron chi connectivity index (χ2n) is 2.36. The van der Waals surface area contributed by atoms with E-state index in [0.717, 1.165) is 0 Å². The highest BCUT2D eigenvalue weighted by Gasteiger charge is 2.17. The highest BCUT2D eigenvalue weighted by molar-refractivity contribution is 6.43. The molecule has 0 bridgehead atoms. The Morgan fingerprint density at radius 2 is 2.09 bits per heavy atom. The molecule has 5 nitrogen and oxygen atoms in total. The Labute approximate surface area is 65.0 Å². The van der Waals surface area contributed by atoms with Gasteiger partial charge in [0.1, 0.15) is 0 Å². The summed E-state index contributed by atoms with van der Waals surface area (Å²) in [4.78, 5) is 9.98. The minimum atomic E-state index is -1.55. The van der Waals surface area contributed by atoms with Crippen molar-refractivity contribution < 1.29 is 19.9 Å². The first-order chi connectivity index (χ1) is 5.04. The molecule has 0 fully saturated rings. The standard InChI is InChI=1S/C5H12BNO4/c7-4(6(10)11)2-1-3-5(8)9/h4,10-11H,1-3,7H2,(H,8,9). The van der Waals surface area contributed by atoms with Crippen molar-refractivity contribution in [1.82, 2.24) is 0 Å². The van der Waals surface area contributed by atoms with Gasteiger partial charge in [-0.2, -0.15) is 0 Å². The van der Waals surface area contributed by atoms with Gasteiger partial charge in [-0.15, -0.1) is 0 Å². The number of nitrogens with two attached hydrogens (primary N) is 1. The number of carboxylic acids is 1. The van der Waals surface area contributed by atoms with E-state index in [4.69, 9.17) is 20.9 Å². The van der Waals surface area contributed by atoms with Gasteiger partial charge in [-0.25, -0.2) is 0 Å². The molecule has 64 valence electrons. The monoisotopic (exact) mass is 161 g/mol. The van der Waals surface area contributed by atoms with Crippen LogP contribution in [0.15, 0.2) is 0 Å². The lowest BCUT2D eigenvalue weighted by molar-refractivity contribution is -0.137. The lowest BCUT2D eigenvalue weighted by Crippen LogP contribution is -2.38. The number of hydrogen-bond donors (Lipinski definition) is 4. The molecule has 0 aromatic rings. The van der Waals surface area contributed by atoms with E-state index in [-0.39, 0.29) is 6.42 Å². The Hall–Kier alpha value is -0.585. The van der Waals surface area contributed by atoms with Gasteiger partial charge in [0.25, 0.3) is 0 Å². The smallest absolute Gasteiger partial charge is 0.469 e. The van der Waals surface area contributed by atoms with Crippen LogP contribution in [-0.4, -0.2) is 34.2 Å². The van der Waals surface area contributed by atoms with E-state index in [9.17, 15) is 4.79 Å². The van der Waals surface area contributed by atoms with Gasteiger partial charge in [-0.1, -0.05) is 0 Å². The number of aliphatic carboxylic acids is 1. The zero-order valence-corrected chi connectivity index (χ0v) is 6.10. The Bertz CT molecular complexity index is 130. The molecule has 1 atom stereocenters. The van der Waals surface area contributed by atoms with Gasteiger partial charge < -0.3 is 20.9 Å². The molecule has 1 unspecified atom stereocenters. The summed E-state index contributed by atoms with van der Waals surface area (Å²) in [6.07, 6.45) is 0.693. The molecule has 0 radical (unpaired) electrons. The van der Waals surface area contributed by atoms with E-state index in [2.05, 4.69) is 0 Å². The SMILES string of the molecule is NC(CCCC(=O)O)B(O)O. The summed E-state index contributed by atoms with van der Waals surface area (Å²) in [7, 11) is -1.55. The first kappa shape index (κ1) is 10.4. The molecule has 0 aromatic carbocycles. The van der Waals surface area contributed by atoms with Crippen molar-refractivity contribution in [2.75, 3.05) is 0 Å². The quantitative estimate of drug-likeness (QED) is 0.370. The summed E-state index contributed by atoms with van der Waals surface area (Å²) in [5, 5.41) is 25.1. The zero-order valence-electron chi connectivity index (χ0n) is 6.10. The van der Waals surface area contributed by atoms with Crippen LogP contribution in [0.1, 0.15) is 19.3 Å². The molecule has 0 aliphatic carbocycles. The molecular weight excluding hydrogens is 149 g/mol. The third-order valence-corrected chi connectivity index (χ3v) is 1.31. The van der Waals surface area contributed by atoms with Gasteiger partial charge in [-0.3, -0.25) is 4.79 Å². The van der Waals surface area contributed by atoms with E-state index in [1.165, 1.54) is 0 Å². The topological polar surface area (TPSA) is 104 Å². The molecule has 0 rings (SSSR count). The molecule has 0 amide bonds. The molecular formula is C5H12BNO4. The Kier molecular flexibility index (Phi) is 4.84. The van der Waals surface area contributed by atoms with Gasteiger partial charge >= 0.3 is 13.1 Å². The minimum Gasteiger partial charge on any atom is -0.481 e. The molecule has 0 saturated carbocycles. The Balaban J connectivity index is 3.31. The third-order valence-electron chi connectivity index (χ3n) is 1.31. The van der Waals surface area contributed by atoms with Crippen molar-refractivity contribution in [3.63, 3.8) is 0 Å². The van der Waals surface area contributed by atoms with Gasteiger partial charge in [-0.05, 0) is 12.8 Å². The van der Waals surface area contributed by atoms with Crippen molar-refractivity contribution >= 4 is 13.1 Å². The van der Waals surface area contributed by atoms with Crippen LogP contribution in [0.4, 0.5) is 0 Å². The fourth-order valence-electron chi connectivity index (χ4n) is 0.638. The molecule has 11 heavy (non-hydrogen) atoms. The van der Waals surface area contributed by atoms with Gasteiger partial charge in [0, 0.05) is 12.4 Å². The van der Waals surface area contributed by atoms with Gasteiger partial charge in [0.05, 0.1) is 0 Å². The zero-order chi connectivity index (χ0) is 8.85. The van der Waals surface area contributed by atoms with Gasteiger partial charge in [0.15, 0.2) is 0 Å². The van der Waals surface area contributed by atoms with Crippen molar-refractivity contribution in [2.24, 2.45) is 5.73 Å². The normalized spacial score (nSPS) is 12.6. The lowest BCUT2D eigenvalue weighted by Gasteiger charge is -2.07. The fourth-order valence-corrected chi connectivity index (χ4v) is 0.638. The van der Waals surface area contributed by atoms with Crippen LogP contribution in [0, 0.1) is 0 Å². The maximum Gasteiger partial charge on any atom is 0.469 e. The summed E-state index contributed by atoms with van der Waals surface area (Å²) in [6.45, 7) is 0. The fraction of sp³-hybridized carbons (Fsp3) is 0.800. The summed E-state index contributed by atoms with van der Waals surface area (Å²) < 4.78 is 0. The van der Waals surface area contributed by atoms with Crippen LogP contribution < -0.4 is 5.73 Å². The second kappa shape index (κ2) is 5.12. The molecule has 0 aliphatic heterocycles. The number of rotatable bonds is 5. The summed E-state index contributed by atoms with van der Waals surface area (Å²) in [5.41, 5.74) is 5.21. The van der Waals surface area contributed by atoms with Crippen LogP contribution in [-0.2, 0) is 4.79 Å². The summed E-state index contributed by atoms with van der Waals surface area (Å²) in [6, 6.07) is 0. The second-order valence-corrected chi connectivity index (χ2v) is 2.36. The highest BCUT2D eigenvalue weighted by Crippen LogP contribution is 1.99. The Morgan fingerprint density at radius 1 is 1.55 bits per heavy atom. The molecule has 6 heteroatoms. The minimum absolute atomic E-state index is 0.0143. The average molecular weight is 161 g/mol. The molecule has 0 aromatic heterocycles. The van der Waals surface area contributed by atoms with Crippen LogP contribution in [0.5, 0.6) is 0 Å². The van der Waals surface area contributed by atoms with E-state index in [1.54, 1.807) is 0 Å². The van der Waals surface area contributed by atoms with Crippen LogP contribution >= 0.6 is 0 Å². The van der Waals surface area contributed by atoms with E-state index < -0.39 is 19.0 Å². The van der Waals surface area contributed by atoms with Gasteiger partial charge in [0.2, 0.25) is 0 Å². The first-order valence-electron chi connectivity index (χ1n) is 3.37. The van der Waals surface area contributed by atoms with Crippen molar-refractivity contribution in [2.45, 2.75) is 25.2 Å². The Morgan fingerprint density at radius 3 is 2.45 bits per heavy atom. The predicted octanol–water partition coefficient (Wildman–Crippen LogP) is -1.42.